The van der Waals surface area contributed by atoms with Crippen LogP contribution in [0, 0.1) is 0 Å². The van der Waals surface area contributed by atoms with E-state index < -0.39 is 0 Å². The predicted octanol–water partition coefficient (Wildman–Crippen LogP) is 3.49. The van der Waals surface area contributed by atoms with Gasteiger partial charge in [0.1, 0.15) is 4.83 Å². The normalized spacial score (nSPS) is 14.6. The number of fused-ring (bicyclic) bond motifs is 4. The molecule has 0 atom stereocenters. The lowest BCUT2D eigenvalue weighted by Crippen LogP contribution is -2.26. The molecule has 9 heteroatoms. The van der Waals surface area contributed by atoms with E-state index in [2.05, 4.69) is 5.32 Å². The zero-order valence-corrected chi connectivity index (χ0v) is 18.9. The standard InChI is InChI=1S/C22H23N3O4S2/c1-2-25-21(27)19-14-5-3-4-6-17(14)31-20(19)24-22(25)30-11-18(26)23-10-13-7-8-15-16(9-13)29-12-28-15/h7-9H,2-6,10-12H2,1H3,(H,23,26). The number of carbonyl (C=O) groups excluding carboxylic acids is 1. The quantitative estimate of drug-likeness (QED) is 0.451. The summed E-state index contributed by atoms with van der Waals surface area (Å²) in [4.78, 5) is 32.5. The third kappa shape index (κ3) is 3.92. The SMILES string of the molecule is CCn1c(SCC(=O)NCc2ccc3c(c2)OCO3)nc2sc3c(c2c1=O)CCCC3. The fraction of sp³-hybridized carbons (Fsp3) is 0.409. The lowest BCUT2D eigenvalue weighted by molar-refractivity contribution is -0.118. The van der Waals surface area contributed by atoms with Gasteiger partial charge in [0.05, 0.1) is 11.1 Å². The van der Waals surface area contributed by atoms with Gasteiger partial charge in [-0.2, -0.15) is 0 Å². The smallest absolute Gasteiger partial charge is 0.263 e. The second-order valence-corrected chi connectivity index (χ2v) is 9.61. The van der Waals surface area contributed by atoms with E-state index in [0.717, 1.165) is 40.8 Å². The van der Waals surface area contributed by atoms with Crippen LogP contribution in [0.4, 0.5) is 0 Å². The Morgan fingerprint density at radius 3 is 2.97 bits per heavy atom. The minimum atomic E-state index is -0.106. The highest BCUT2D eigenvalue weighted by molar-refractivity contribution is 7.99. The topological polar surface area (TPSA) is 82.5 Å². The van der Waals surface area contributed by atoms with Crippen LogP contribution >= 0.6 is 23.1 Å². The molecule has 3 aromatic rings. The third-order valence-electron chi connectivity index (χ3n) is 5.62. The molecule has 31 heavy (non-hydrogen) atoms. The van der Waals surface area contributed by atoms with Gasteiger partial charge < -0.3 is 14.8 Å². The number of carbonyl (C=O) groups is 1. The number of aromatic nitrogens is 2. The average molecular weight is 458 g/mol. The van der Waals surface area contributed by atoms with Crippen molar-refractivity contribution in [3.8, 4) is 11.5 Å². The number of thiophene rings is 1. The van der Waals surface area contributed by atoms with Crippen molar-refractivity contribution in [2.75, 3.05) is 12.5 Å². The summed E-state index contributed by atoms with van der Waals surface area (Å²) in [6, 6.07) is 5.63. The predicted molar refractivity (Wildman–Crippen MR) is 121 cm³/mol. The number of thioether (sulfide) groups is 1. The van der Waals surface area contributed by atoms with Crippen molar-refractivity contribution in [3.05, 3.63) is 44.6 Å². The first kappa shape index (κ1) is 20.4. The number of hydrogen-bond acceptors (Lipinski definition) is 7. The number of aryl methyl sites for hydroxylation is 2. The Morgan fingerprint density at radius 1 is 1.26 bits per heavy atom. The number of hydrogen-bond donors (Lipinski definition) is 1. The minimum Gasteiger partial charge on any atom is -0.454 e. The maximum Gasteiger partial charge on any atom is 0.263 e. The fourth-order valence-corrected chi connectivity index (χ4v) is 6.24. The molecule has 162 valence electrons. The van der Waals surface area contributed by atoms with Gasteiger partial charge in [0, 0.05) is 18.0 Å². The maximum atomic E-state index is 13.2. The number of nitrogens with one attached hydrogen (secondary N) is 1. The molecule has 1 aliphatic heterocycles. The van der Waals surface area contributed by atoms with Crippen molar-refractivity contribution < 1.29 is 14.3 Å². The second kappa shape index (κ2) is 8.55. The van der Waals surface area contributed by atoms with Gasteiger partial charge in [-0.3, -0.25) is 14.2 Å². The van der Waals surface area contributed by atoms with Crippen LogP contribution in [0.5, 0.6) is 11.5 Å². The van der Waals surface area contributed by atoms with Crippen LogP contribution in [0.2, 0.25) is 0 Å². The molecule has 2 aromatic heterocycles. The van der Waals surface area contributed by atoms with Crippen LogP contribution in [-0.4, -0.2) is 28.0 Å². The highest BCUT2D eigenvalue weighted by atomic mass is 32.2. The highest BCUT2D eigenvalue weighted by Gasteiger charge is 2.22. The summed E-state index contributed by atoms with van der Waals surface area (Å²) in [5.41, 5.74) is 2.16. The Kier molecular flexibility index (Phi) is 5.62. The summed E-state index contributed by atoms with van der Waals surface area (Å²) in [5, 5.41) is 4.32. The number of rotatable bonds is 6. The zero-order valence-electron chi connectivity index (χ0n) is 17.2. The van der Waals surface area contributed by atoms with Crippen LogP contribution in [0.25, 0.3) is 10.2 Å². The first-order chi connectivity index (χ1) is 15.1. The zero-order chi connectivity index (χ0) is 21.4. The van der Waals surface area contributed by atoms with Crippen LogP contribution in [0.3, 0.4) is 0 Å². The summed E-state index contributed by atoms with van der Waals surface area (Å²) in [6.45, 7) is 3.11. The molecule has 0 spiro atoms. The summed E-state index contributed by atoms with van der Waals surface area (Å²) in [5.74, 6) is 1.52. The largest absolute Gasteiger partial charge is 0.454 e. The first-order valence-corrected chi connectivity index (χ1v) is 12.3. The van der Waals surface area contributed by atoms with Crippen molar-refractivity contribution in [3.63, 3.8) is 0 Å². The Bertz CT molecular complexity index is 1220. The van der Waals surface area contributed by atoms with Gasteiger partial charge in [0.25, 0.3) is 5.56 Å². The number of benzene rings is 1. The monoisotopic (exact) mass is 457 g/mol. The summed E-state index contributed by atoms with van der Waals surface area (Å²) in [7, 11) is 0. The molecule has 2 aliphatic rings. The van der Waals surface area contributed by atoms with Crippen LogP contribution < -0.4 is 20.3 Å². The maximum absolute atomic E-state index is 13.2. The lowest BCUT2D eigenvalue weighted by atomic mass is 9.97. The molecular formula is C22H23N3O4S2. The van der Waals surface area contributed by atoms with Crippen molar-refractivity contribution >= 4 is 39.2 Å². The molecule has 0 unspecified atom stereocenters. The van der Waals surface area contributed by atoms with Crippen molar-refractivity contribution in [1.82, 2.24) is 14.9 Å². The molecule has 0 saturated heterocycles. The van der Waals surface area contributed by atoms with Gasteiger partial charge in [-0.05, 0) is 55.9 Å². The van der Waals surface area contributed by atoms with Crippen molar-refractivity contribution in [2.24, 2.45) is 0 Å². The Hall–Kier alpha value is -2.52. The van der Waals surface area contributed by atoms with Crippen LogP contribution in [0.15, 0.2) is 28.2 Å². The molecule has 1 aromatic carbocycles. The van der Waals surface area contributed by atoms with E-state index in [1.165, 1.54) is 28.6 Å². The number of ether oxygens (including phenoxy) is 2. The van der Waals surface area contributed by atoms with E-state index in [0.29, 0.717) is 24.0 Å². The molecule has 0 bridgehead atoms. The molecule has 0 radical (unpaired) electrons. The molecule has 1 amide bonds. The van der Waals surface area contributed by atoms with Gasteiger partial charge in [0.15, 0.2) is 16.7 Å². The Morgan fingerprint density at radius 2 is 2.10 bits per heavy atom. The molecule has 1 aliphatic carbocycles. The van der Waals surface area contributed by atoms with Crippen molar-refractivity contribution in [2.45, 2.75) is 50.9 Å². The Balaban J connectivity index is 1.29. The summed E-state index contributed by atoms with van der Waals surface area (Å²) < 4.78 is 12.4. The van der Waals surface area contributed by atoms with Crippen molar-refractivity contribution in [1.29, 1.82) is 0 Å². The average Bonchev–Trinajstić information content (AvgIpc) is 3.40. The molecule has 0 fully saturated rings. The van der Waals surface area contributed by atoms with E-state index in [4.69, 9.17) is 14.5 Å². The molecule has 0 saturated carbocycles. The molecule has 5 rings (SSSR count). The van der Waals surface area contributed by atoms with Gasteiger partial charge in [-0.1, -0.05) is 17.8 Å². The van der Waals surface area contributed by atoms with E-state index in [1.807, 2.05) is 25.1 Å². The molecular weight excluding hydrogens is 434 g/mol. The third-order valence-corrected chi connectivity index (χ3v) is 7.78. The van der Waals surface area contributed by atoms with E-state index in [1.54, 1.807) is 15.9 Å². The van der Waals surface area contributed by atoms with Gasteiger partial charge in [-0.25, -0.2) is 4.98 Å². The first-order valence-electron chi connectivity index (χ1n) is 10.5. The highest BCUT2D eigenvalue weighted by Crippen LogP contribution is 2.35. The van der Waals surface area contributed by atoms with Crippen LogP contribution in [-0.2, 0) is 30.7 Å². The number of amides is 1. The fourth-order valence-electron chi connectivity index (χ4n) is 4.04. The molecule has 3 heterocycles. The van der Waals surface area contributed by atoms with E-state index in [9.17, 15) is 9.59 Å². The Labute approximate surface area is 187 Å². The van der Waals surface area contributed by atoms with E-state index in [-0.39, 0.29) is 24.0 Å². The number of nitrogens with zero attached hydrogens (tertiary/aromatic N) is 2. The van der Waals surface area contributed by atoms with Gasteiger partial charge in [0.2, 0.25) is 12.7 Å². The van der Waals surface area contributed by atoms with Gasteiger partial charge >= 0.3 is 0 Å². The second-order valence-electron chi connectivity index (χ2n) is 7.59. The summed E-state index contributed by atoms with van der Waals surface area (Å²) >= 11 is 2.95. The lowest BCUT2D eigenvalue weighted by Gasteiger charge is -2.12. The van der Waals surface area contributed by atoms with Crippen LogP contribution in [0.1, 0.15) is 35.8 Å². The van der Waals surface area contributed by atoms with Gasteiger partial charge in [-0.15, -0.1) is 11.3 Å². The molecule has 7 nitrogen and oxygen atoms in total. The molecule has 1 N–H and O–H groups in total. The van der Waals surface area contributed by atoms with E-state index >= 15 is 0 Å². The minimum absolute atomic E-state index is 0.0233. The summed E-state index contributed by atoms with van der Waals surface area (Å²) in [6.07, 6.45) is 4.30.